The number of benzene rings is 1. The number of furan rings is 1. The first-order valence-corrected chi connectivity index (χ1v) is 9.56. The van der Waals surface area contributed by atoms with Gasteiger partial charge in [-0.05, 0) is 56.0 Å². The van der Waals surface area contributed by atoms with E-state index in [1.807, 2.05) is 30.0 Å². The van der Waals surface area contributed by atoms with Crippen LogP contribution in [0.1, 0.15) is 34.7 Å². The Morgan fingerprint density at radius 3 is 3.04 bits per heavy atom. The van der Waals surface area contributed by atoms with Gasteiger partial charge in [0.1, 0.15) is 17.3 Å². The van der Waals surface area contributed by atoms with Gasteiger partial charge >= 0.3 is 0 Å². The monoisotopic (exact) mass is 370 g/mol. The van der Waals surface area contributed by atoms with Crippen molar-refractivity contribution in [2.75, 3.05) is 6.54 Å². The van der Waals surface area contributed by atoms with Crippen molar-refractivity contribution >= 4 is 17.2 Å². The van der Waals surface area contributed by atoms with Gasteiger partial charge in [-0.15, -0.1) is 11.3 Å². The van der Waals surface area contributed by atoms with Crippen molar-refractivity contribution in [2.24, 2.45) is 0 Å². The molecule has 0 spiro atoms. The number of aryl methyl sites for hydroxylation is 1. The highest BCUT2D eigenvalue weighted by Crippen LogP contribution is 2.28. The average molecular weight is 370 g/mol. The van der Waals surface area contributed by atoms with E-state index in [1.54, 1.807) is 17.5 Å². The number of aromatic nitrogens is 1. The summed E-state index contributed by atoms with van der Waals surface area (Å²) in [6.07, 6.45) is 2.55. The first kappa shape index (κ1) is 17.0. The SMILES string of the molecule is Cc1ccc(-c2nc(C(=O)N3CCCC3Cc3cccc(F)c3)cs2)o1. The van der Waals surface area contributed by atoms with Gasteiger partial charge in [0.15, 0.2) is 10.8 Å². The number of likely N-dealkylation sites (tertiary alicyclic amines) is 1. The molecule has 4 nitrogen and oxygen atoms in total. The summed E-state index contributed by atoms with van der Waals surface area (Å²) in [4.78, 5) is 19.3. The smallest absolute Gasteiger partial charge is 0.273 e. The van der Waals surface area contributed by atoms with Gasteiger partial charge in [0.05, 0.1) is 0 Å². The Hall–Kier alpha value is -2.47. The summed E-state index contributed by atoms with van der Waals surface area (Å²) in [5, 5.41) is 2.50. The Morgan fingerprint density at radius 1 is 1.38 bits per heavy atom. The largest absolute Gasteiger partial charge is 0.459 e. The van der Waals surface area contributed by atoms with Crippen LogP contribution in [-0.2, 0) is 6.42 Å². The molecule has 2 aromatic heterocycles. The number of amides is 1. The standard InChI is InChI=1S/C20H19FN2O2S/c1-13-7-8-18(25-13)19-22-17(12-26-19)20(24)23-9-3-6-16(23)11-14-4-2-5-15(21)10-14/h2,4-5,7-8,10,12,16H,3,6,9,11H2,1H3. The van der Waals surface area contributed by atoms with Crippen LogP contribution in [0.5, 0.6) is 0 Å². The first-order valence-electron chi connectivity index (χ1n) is 8.68. The van der Waals surface area contributed by atoms with E-state index in [0.29, 0.717) is 29.4 Å². The maximum absolute atomic E-state index is 13.4. The molecule has 1 amide bonds. The van der Waals surface area contributed by atoms with Crippen molar-refractivity contribution in [2.45, 2.75) is 32.2 Å². The van der Waals surface area contributed by atoms with E-state index in [1.165, 1.54) is 17.4 Å². The van der Waals surface area contributed by atoms with Gasteiger partial charge in [0.25, 0.3) is 5.91 Å². The Kier molecular flexibility index (Phi) is 4.59. The van der Waals surface area contributed by atoms with E-state index in [-0.39, 0.29) is 17.8 Å². The summed E-state index contributed by atoms with van der Waals surface area (Å²) in [6, 6.07) is 10.4. The highest BCUT2D eigenvalue weighted by atomic mass is 32.1. The third-order valence-corrected chi connectivity index (χ3v) is 5.53. The molecule has 0 saturated carbocycles. The van der Waals surface area contributed by atoms with Gasteiger partial charge in [-0.3, -0.25) is 4.79 Å². The molecule has 0 N–H and O–H groups in total. The summed E-state index contributed by atoms with van der Waals surface area (Å²) in [7, 11) is 0. The van der Waals surface area contributed by atoms with Crippen LogP contribution in [0.2, 0.25) is 0 Å². The van der Waals surface area contributed by atoms with Gasteiger partial charge in [-0.2, -0.15) is 0 Å². The third kappa shape index (κ3) is 3.42. The van der Waals surface area contributed by atoms with E-state index in [4.69, 9.17) is 4.42 Å². The number of rotatable bonds is 4. The summed E-state index contributed by atoms with van der Waals surface area (Å²) in [6.45, 7) is 2.59. The molecule has 6 heteroatoms. The van der Waals surface area contributed by atoms with E-state index < -0.39 is 0 Å². The number of carbonyl (C=O) groups excluding carboxylic acids is 1. The molecule has 3 aromatic rings. The van der Waals surface area contributed by atoms with Crippen LogP contribution in [0.4, 0.5) is 4.39 Å². The molecule has 1 saturated heterocycles. The molecule has 1 atom stereocenters. The van der Waals surface area contributed by atoms with Crippen LogP contribution in [-0.4, -0.2) is 28.4 Å². The minimum Gasteiger partial charge on any atom is -0.459 e. The zero-order chi connectivity index (χ0) is 18.1. The average Bonchev–Trinajstić information content (AvgIpc) is 3.34. The summed E-state index contributed by atoms with van der Waals surface area (Å²) in [5.41, 5.74) is 1.37. The zero-order valence-corrected chi connectivity index (χ0v) is 15.3. The normalized spacial score (nSPS) is 17.0. The predicted octanol–water partition coefficient (Wildman–Crippen LogP) is 4.70. The molecule has 0 aliphatic carbocycles. The fraction of sp³-hybridized carbons (Fsp3) is 0.300. The Morgan fingerprint density at radius 2 is 2.27 bits per heavy atom. The van der Waals surface area contributed by atoms with Crippen LogP contribution in [0.15, 0.2) is 46.2 Å². The van der Waals surface area contributed by atoms with Crippen LogP contribution in [0.25, 0.3) is 10.8 Å². The highest BCUT2D eigenvalue weighted by molar-refractivity contribution is 7.13. The summed E-state index contributed by atoms with van der Waals surface area (Å²) >= 11 is 1.41. The van der Waals surface area contributed by atoms with Gasteiger partial charge < -0.3 is 9.32 Å². The van der Waals surface area contributed by atoms with E-state index in [0.717, 1.165) is 24.2 Å². The van der Waals surface area contributed by atoms with Gasteiger partial charge in [-0.25, -0.2) is 9.37 Å². The second kappa shape index (κ2) is 7.03. The van der Waals surface area contributed by atoms with E-state index >= 15 is 0 Å². The van der Waals surface area contributed by atoms with E-state index in [2.05, 4.69) is 4.98 Å². The molecule has 26 heavy (non-hydrogen) atoms. The van der Waals surface area contributed by atoms with Gasteiger partial charge in [-0.1, -0.05) is 12.1 Å². The number of hydrogen-bond donors (Lipinski definition) is 0. The number of halogens is 1. The maximum atomic E-state index is 13.4. The fourth-order valence-electron chi connectivity index (χ4n) is 3.43. The lowest BCUT2D eigenvalue weighted by atomic mass is 10.0. The van der Waals surface area contributed by atoms with Crippen molar-refractivity contribution in [3.63, 3.8) is 0 Å². The molecule has 1 unspecified atom stereocenters. The van der Waals surface area contributed by atoms with Crippen LogP contribution in [0, 0.1) is 12.7 Å². The lowest BCUT2D eigenvalue weighted by molar-refractivity contribution is 0.0731. The number of nitrogens with zero attached hydrogens (tertiary/aromatic N) is 2. The quantitative estimate of drug-likeness (QED) is 0.669. The van der Waals surface area contributed by atoms with Gasteiger partial charge in [0, 0.05) is 18.0 Å². The Labute approximate surface area is 155 Å². The van der Waals surface area contributed by atoms with Crippen molar-refractivity contribution in [1.82, 2.24) is 9.88 Å². The number of carbonyl (C=O) groups is 1. The molecular formula is C20H19FN2O2S. The molecule has 3 heterocycles. The second-order valence-corrected chi connectivity index (χ2v) is 7.43. The molecule has 4 rings (SSSR count). The lowest BCUT2D eigenvalue weighted by Gasteiger charge is -2.24. The van der Waals surface area contributed by atoms with Crippen molar-refractivity contribution in [3.8, 4) is 10.8 Å². The zero-order valence-electron chi connectivity index (χ0n) is 14.4. The fourth-order valence-corrected chi connectivity index (χ4v) is 4.19. The Balaban J connectivity index is 1.51. The molecule has 1 aliphatic heterocycles. The minimum atomic E-state index is -0.240. The minimum absolute atomic E-state index is 0.0605. The van der Waals surface area contributed by atoms with E-state index in [9.17, 15) is 9.18 Å². The molecule has 1 aromatic carbocycles. The van der Waals surface area contributed by atoms with Crippen LogP contribution in [0.3, 0.4) is 0 Å². The first-order chi connectivity index (χ1) is 12.6. The highest BCUT2D eigenvalue weighted by Gasteiger charge is 2.31. The van der Waals surface area contributed by atoms with Gasteiger partial charge in [0.2, 0.25) is 0 Å². The molecule has 1 fully saturated rings. The topological polar surface area (TPSA) is 46.3 Å². The number of hydrogen-bond acceptors (Lipinski definition) is 4. The van der Waals surface area contributed by atoms with Crippen molar-refractivity contribution < 1.29 is 13.6 Å². The third-order valence-electron chi connectivity index (χ3n) is 4.67. The lowest BCUT2D eigenvalue weighted by Crippen LogP contribution is -2.37. The predicted molar refractivity (Wildman–Crippen MR) is 98.7 cm³/mol. The molecular weight excluding hydrogens is 351 g/mol. The summed E-state index contributed by atoms with van der Waals surface area (Å²) in [5.74, 6) is 1.20. The summed E-state index contributed by atoms with van der Waals surface area (Å²) < 4.78 is 19.0. The molecule has 0 bridgehead atoms. The van der Waals surface area contributed by atoms with Crippen molar-refractivity contribution in [3.05, 3.63) is 64.6 Å². The second-order valence-electron chi connectivity index (χ2n) is 6.58. The molecule has 134 valence electrons. The molecule has 0 radical (unpaired) electrons. The number of thiazole rings is 1. The maximum Gasteiger partial charge on any atom is 0.273 e. The van der Waals surface area contributed by atoms with Crippen LogP contribution >= 0.6 is 11.3 Å². The Bertz CT molecular complexity index is 933. The van der Waals surface area contributed by atoms with Crippen LogP contribution < -0.4 is 0 Å². The van der Waals surface area contributed by atoms with Crippen molar-refractivity contribution in [1.29, 1.82) is 0 Å². The molecule has 1 aliphatic rings.